The molecule has 20 heavy (non-hydrogen) atoms. The van der Waals surface area contributed by atoms with Crippen molar-refractivity contribution in [3.63, 3.8) is 0 Å². The van der Waals surface area contributed by atoms with E-state index >= 15 is 0 Å². The summed E-state index contributed by atoms with van der Waals surface area (Å²) in [4.78, 5) is 2.41. The third-order valence-corrected chi connectivity index (χ3v) is 4.96. The van der Waals surface area contributed by atoms with Gasteiger partial charge in [-0.05, 0) is 43.7 Å². The zero-order valence-corrected chi connectivity index (χ0v) is 13.1. The molecule has 0 aromatic heterocycles. The molecule has 1 aliphatic heterocycles. The van der Waals surface area contributed by atoms with E-state index in [9.17, 15) is 5.11 Å². The quantitative estimate of drug-likeness (QED) is 0.889. The van der Waals surface area contributed by atoms with Gasteiger partial charge in [-0.1, -0.05) is 19.9 Å². The fourth-order valence-electron chi connectivity index (χ4n) is 3.37. The first-order chi connectivity index (χ1) is 9.56. The number of hydrogen-bond acceptors (Lipinski definition) is 3. The van der Waals surface area contributed by atoms with E-state index in [1.54, 1.807) is 7.11 Å². The summed E-state index contributed by atoms with van der Waals surface area (Å²) in [6, 6.07) is 6.04. The van der Waals surface area contributed by atoms with E-state index in [2.05, 4.69) is 24.8 Å². The topological polar surface area (TPSA) is 32.7 Å². The summed E-state index contributed by atoms with van der Waals surface area (Å²) in [7, 11) is 1.66. The van der Waals surface area contributed by atoms with Crippen LogP contribution < -0.4 is 9.64 Å². The number of methoxy groups -OCH3 is 1. The summed E-state index contributed by atoms with van der Waals surface area (Å²) < 4.78 is 5.42. The number of aliphatic hydroxyl groups excluding tert-OH is 1. The van der Waals surface area contributed by atoms with E-state index in [4.69, 9.17) is 4.74 Å². The molecule has 1 heterocycles. The molecular formula is C17H27NO2. The van der Waals surface area contributed by atoms with Crippen molar-refractivity contribution in [3.05, 3.63) is 23.8 Å². The van der Waals surface area contributed by atoms with Crippen LogP contribution in [0.5, 0.6) is 5.75 Å². The van der Waals surface area contributed by atoms with Crippen LogP contribution >= 0.6 is 0 Å². The van der Waals surface area contributed by atoms with E-state index in [1.807, 2.05) is 19.1 Å². The molecule has 3 nitrogen and oxygen atoms in total. The van der Waals surface area contributed by atoms with E-state index in [0.717, 1.165) is 30.1 Å². The lowest BCUT2D eigenvalue weighted by Gasteiger charge is -2.29. The van der Waals surface area contributed by atoms with Crippen molar-refractivity contribution >= 4 is 5.69 Å². The summed E-state index contributed by atoms with van der Waals surface area (Å²) in [6.07, 6.45) is 3.15. The average molecular weight is 277 g/mol. The van der Waals surface area contributed by atoms with E-state index in [0.29, 0.717) is 5.41 Å². The molecule has 3 heteroatoms. The Hall–Kier alpha value is -1.22. The van der Waals surface area contributed by atoms with Gasteiger partial charge < -0.3 is 14.7 Å². The maximum Gasteiger partial charge on any atom is 0.126 e. The smallest absolute Gasteiger partial charge is 0.126 e. The summed E-state index contributed by atoms with van der Waals surface area (Å²) in [6.45, 7) is 8.52. The SMILES string of the molecule is CCC1(CC)CCN(c2cccc(OC)c2[C@H](C)O)C1. The van der Waals surface area contributed by atoms with Gasteiger partial charge in [0.05, 0.1) is 13.2 Å². The molecule has 0 amide bonds. The van der Waals surface area contributed by atoms with Crippen molar-refractivity contribution in [3.8, 4) is 5.75 Å². The second-order valence-electron chi connectivity index (χ2n) is 5.95. The van der Waals surface area contributed by atoms with Gasteiger partial charge in [0.1, 0.15) is 5.75 Å². The van der Waals surface area contributed by atoms with Crippen LogP contribution in [0.4, 0.5) is 5.69 Å². The second-order valence-corrected chi connectivity index (χ2v) is 5.95. The van der Waals surface area contributed by atoms with Gasteiger partial charge in [-0.25, -0.2) is 0 Å². The molecule has 0 saturated carbocycles. The summed E-state index contributed by atoms with van der Waals surface area (Å²) >= 11 is 0. The Morgan fingerprint density at radius 2 is 2.05 bits per heavy atom. The molecule has 1 aromatic carbocycles. The third-order valence-electron chi connectivity index (χ3n) is 4.96. The third kappa shape index (κ3) is 2.64. The van der Waals surface area contributed by atoms with Gasteiger partial charge in [0, 0.05) is 24.3 Å². The molecule has 0 unspecified atom stereocenters. The lowest BCUT2D eigenvalue weighted by atomic mass is 9.82. The summed E-state index contributed by atoms with van der Waals surface area (Å²) in [5, 5.41) is 10.1. The lowest BCUT2D eigenvalue weighted by molar-refractivity contribution is 0.194. The van der Waals surface area contributed by atoms with Gasteiger partial charge >= 0.3 is 0 Å². The highest BCUT2D eigenvalue weighted by Gasteiger charge is 2.36. The minimum Gasteiger partial charge on any atom is -0.496 e. The molecule has 2 rings (SSSR count). The highest BCUT2D eigenvalue weighted by atomic mass is 16.5. The molecule has 1 aliphatic rings. The molecule has 1 N–H and O–H groups in total. The van der Waals surface area contributed by atoms with Crippen LogP contribution in [0, 0.1) is 5.41 Å². The van der Waals surface area contributed by atoms with Crippen LogP contribution in [0.2, 0.25) is 0 Å². The Morgan fingerprint density at radius 3 is 2.55 bits per heavy atom. The van der Waals surface area contributed by atoms with E-state index < -0.39 is 6.10 Å². The molecular weight excluding hydrogens is 250 g/mol. The maximum absolute atomic E-state index is 10.1. The monoisotopic (exact) mass is 277 g/mol. The lowest BCUT2D eigenvalue weighted by Crippen LogP contribution is -2.27. The summed E-state index contributed by atoms with van der Waals surface area (Å²) in [5.41, 5.74) is 2.47. The number of rotatable bonds is 5. The molecule has 0 spiro atoms. The fraction of sp³-hybridized carbons (Fsp3) is 0.647. The van der Waals surface area contributed by atoms with Gasteiger partial charge in [0.15, 0.2) is 0 Å². The molecule has 0 radical (unpaired) electrons. The number of benzene rings is 1. The van der Waals surface area contributed by atoms with Gasteiger partial charge in [0.2, 0.25) is 0 Å². The van der Waals surface area contributed by atoms with E-state index in [-0.39, 0.29) is 0 Å². The van der Waals surface area contributed by atoms with Crippen LogP contribution in [0.15, 0.2) is 18.2 Å². The number of aliphatic hydroxyl groups is 1. The van der Waals surface area contributed by atoms with Crippen LogP contribution in [0.1, 0.15) is 51.7 Å². The number of anilines is 1. The van der Waals surface area contributed by atoms with Crippen molar-refractivity contribution in [2.75, 3.05) is 25.1 Å². The highest BCUT2D eigenvalue weighted by molar-refractivity contribution is 5.61. The second kappa shape index (κ2) is 6.04. The Balaban J connectivity index is 2.35. The van der Waals surface area contributed by atoms with Crippen molar-refractivity contribution < 1.29 is 9.84 Å². The molecule has 1 aromatic rings. The van der Waals surface area contributed by atoms with Gasteiger partial charge in [-0.3, -0.25) is 0 Å². The minimum absolute atomic E-state index is 0.430. The maximum atomic E-state index is 10.1. The van der Waals surface area contributed by atoms with Gasteiger partial charge in [-0.2, -0.15) is 0 Å². The van der Waals surface area contributed by atoms with Crippen molar-refractivity contribution in [1.29, 1.82) is 0 Å². The predicted molar refractivity (Wildman–Crippen MR) is 83.5 cm³/mol. The highest BCUT2D eigenvalue weighted by Crippen LogP contribution is 2.42. The molecule has 1 fully saturated rings. The normalized spacial score (nSPS) is 19.1. The number of ether oxygens (including phenoxy) is 1. The van der Waals surface area contributed by atoms with Crippen LogP contribution in [-0.4, -0.2) is 25.3 Å². The van der Waals surface area contributed by atoms with Gasteiger partial charge in [-0.15, -0.1) is 0 Å². The first kappa shape index (κ1) is 15.2. The zero-order valence-electron chi connectivity index (χ0n) is 13.1. The minimum atomic E-state index is -0.514. The molecule has 0 bridgehead atoms. The van der Waals surface area contributed by atoms with Crippen molar-refractivity contribution in [1.82, 2.24) is 0 Å². The van der Waals surface area contributed by atoms with E-state index in [1.165, 1.54) is 19.3 Å². The van der Waals surface area contributed by atoms with Crippen molar-refractivity contribution in [2.24, 2.45) is 5.41 Å². The Bertz CT molecular complexity index is 452. The van der Waals surface area contributed by atoms with Crippen LogP contribution in [0.25, 0.3) is 0 Å². The predicted octanol–water partition coefficient (Wildman–Crippen LogP) is 3.77. The fourth-order valence-corrected chi connectivity index (χ4v) is 3.37. The van der Waals surface area contributed by atoms with Gasteiger partial charge in [0.25, 0.3) is 0 Å². The standard InChI is InChI=1S/C17H27NO2/c1-5-17(6-2)10-11-18(12-17)14-8-7-9-15(20-4)16(14)13(3)19/h7-9,13,19H,5-6,10-12H2,1-4H3/t13-/m0/s1. The number of hydrogen-bond donors (Lipinski definition) is 1. The Morgan fingerprint density at radius 1 is 1.35 bits per heavy atom. The molecule has 1 atom stereocenters. The van der Waals surface area contributed by atoms with Crippen molar-refractivity contribution in [2.45, 2.75) is 46.1 Å². The number of nitrogens with zero attached hydrogens (tertiary/aromatic N) is 1. The average Bonchev–Trinajstić information content (AvgIpc) is 2.91. The zero-order chi connectivity index (χ0) is 14.8. The molecule has 112 valence electrons. The Kier molecular flexibility index (Phi) is 4.59. The first-order valence-corrected chi connectivity index (χ1v) is 7.67. The molecule has 0 aliphatic carbocycles. The summed E-state index contributed by atoms with van der Waals surface area (Å²) in [5.74, 6) is 0.781. The Labute approximate surface area is 122 Å². The van der Waals surface area contributed by atoms with Crippen LogP contribution in [-0.2, 0) is 0 Å². The largest absolute Gasteiger partial charge is 0.496 e. The van der Waals surface area contributed by atoms with Crippen LogP contribution in [0.3, 0.4) is 0 Å². The molecule has 1 saturated heterocycles. The first-order valence-electron chi connectivity index (χ1n) is 7.67.